The lowest BCUT2D eigenvalue weighted by atomic mass is 10.0. The summed E-state index contributed by atoms with van der Waals surface area (Å²) in [6.07, 6.45) is 33.3. The zero-order valence-electron chi connectivity index (χ0n) is 25.2. The summed E-state index contributed by atoms with van der Waals surface area (Å²) < 4.78 is 4.90. The maximum absolute atomic E-state index is 11.5. The summed E-state index contributed by atoms with van der Waals surface area (Å²) in [6, 6.07) is 0. The van der Waals surface area contributed by atoms with Gasteiger partial charge in [0.1, 0.15) is 18.5 Å². The molecule has 0 fully saturated rings. The molecule has 0 aliphatic heterocycles. The van der Waals surface area contributed by atoms with Crippen LogP contribution in [0.25, 0.3) is 0 Å². The fraction of sp³-hybridized carbons (Fsp3) is 0.939. The van der Waals surface area contributed by atoms with Crippen LogP contribution in [0.5, 0.6) is 0 Å². The Morgan fingerprint density at radius 2 is 0.763 bits per heavy atom. The van der Waals surface area contributed by atoms with E-state index in [-0.39, 0.29) is 19.2 Å². The average molecular weight is 541 g/mol. The minimum absolute atomic E-state index is 0.108. The first-order chi connectivity index (χ1) is 18.6. The molecule has 0 amide bonds. The van der Waals surface area contributed by atoms with Gasteiger partial charge in [-0.25, -0.2) is 0 Å². The largest absolute Gasteiger partial charge is 0.463 e. The van der Waals surface area contributed by atoms with Crippen LogP contribution in [-0.4, -0.2) is 41.3 Å². The molecule has 0 aromatic rings. The molecule has 1 atom stereocenters. The number of rotatable bonds is 31. The summed E-state index contributed by atoms with van der Waals surface area (Å²) in [5, 5.41) is 17.8. The smallest absolute Gasteiger partial charge is 0.305 e. The molecule has 0 aliphatic carbocycles. The molecule has 1 unspecified atom stereocenters. The van der Waals surface area contributed by atoms with Gasteiger partial charge in [-0.2, -0.15) is 0 Å². The molecule has 226 valence electrons. The van der Waals surface area contributed by atoms with E-state index in [1.165, 1.54) is 141 Å². The van der Waals surface area contributed by atoms with Crippen molar-refractivity contribution in [1.29, 1.82) is 0 Å². The summed E-state index contributed by atoms with van der Waals surface area (Å²) in [6.45, 7) is 1.22. The predicted molar refractivity (Wildman–Crippen MR) is 159 cm³/mol. The first kappa shape index (κ1) is 37.1. The highest BCUT2D eigenvalue weighted by molar-refractivity contribution is 5.75. The zero-order chi connectivity index (χ0) is 27.9. The third kappa shape index (κ3) is 31.3. The number of carbonyl (C=O) groups excluding carboxylic acids is 2. The van der Waals surface area contributed by atoms with Crippen LogP contribution in [0.2, 0.25) is 0 Å². The van der Waals surface area contributed by atoms with E-state index < -0.39 is 6.10 Å². The van der Waals surface area contributed by atoms with E-state index >= 15 is 0 Å². The quantitative estimate of drug-likeness (QED) is 0.0677. The molecular weight excluding hydrogens is 476 g/mol. The SMILES string of the molecule is CC(=O)CCCCCCCCCCCCCCCCCCCCCCCCCCCC(=O)OCC(O)CO. The molecule has 0 aromatic carbocycles. The van der Waals surface area contributed by atoms with Gasteiger partial charge in [-0.1, -0.05) is 148 Å². The lowest BCUT2D eigenvalue weighted by Gasteiger charge is -2.08. The summed E-state index contributed by atoms with van der Waals surface area (Å²) in [5.74, 6) is 0.0593. The lowest BCUT2D eigenvalue weighted by Crippen LogP contribution is -2.21. The van der Waals surface area contributed by atoms with Crippen LogP contribution in [-0.2, 0) is 14.3 Å². The van der Waals surface area contributed by atoms with Crippen LogP contribution < -0.4 is 0 Å². The number of unbranched alkanes of at least 4 members (excludes halogenated alkanes) is 24. The van der Waals surface area contributed by atoms with Gasteiger partial charge in [0.2, 0.25) is 0 Å². The van der Waals surface area contributed by atoms with Gasteiger partial charge < -0.3 is 19.7 Å². The van der Waals surface area contributed by atoms with Gasteiger partial charge in [-0.15, -0.1) is 0 Å². The van der Waals surface area contributed by atoms with Crippen LogP contribution in [0.15, 0.2) is 0 Å². The number of Topliss-reactive ketones (excluding diaryl/α,β-unsaturated/α-hetero) is 1. The number of ether oxygens (including phenoxy) is 1. The second-order valence-electron chi connectivity index (χ2n) is 11.6. The number of aliphatic hydroxyl groups excluding tert-OH is 2. The Morgan fingerprint density at radius 3 is 1.03 bits per heavy atom. The van der Waals surface area contributed by atoms with E-state index in [4.69, 9.17) is 14.9 Å². The molecule has 0 aliphatic rings. The summed E-state index contributed by atoms with van der Waals surface area (Å²) in [4.78, 5) is 22.4. The van der Waals surface area contributed by atoms with Gasteiger partial charge in [-0.05, 0) is 19.8 Å². The monoisotopic (exact) mass is 540 g/mol. The highest BCUT2D eigenvalue weighted by atomic mass is 16.5. The van der Waals surface area contributed by atoms with E-state index in [1.54, 1.807) is 6.92 Å². The summed E-state index contributed by atoms with van der Waals surface area (Å²) >= 11 is 0. The molecule has 0 rings (SSSR count). The van der Waals surface area contributed by atoms with Crippen molar-refractivity contribution >= 4 is 11.8 Å². The summed E-state index contributed by atoms with van der Waals surface area (Å²) in [7, 11) is 0. The number of ketones is 1. The predicted octanol–water partition coefficient (Wildman–Crippen LogP) is 9.00. The topological polar surface area (TPSA) is 83.8 Å². The van der Waals surface area contributed by atoms with Gasteiger partial charge >= 0.3 is 5.97 Å². The number of esters is 1. The van der Waals surface area contributed by atoms with Crippen molar-refractivity contribution in [3.8, 4) is 0 Å². The number of hydrogen-bond acceptors (Lipinski definition) is 5. The fourth-order valence-electron chi connectivity index (χ4n) is 5.02. The number of carbonyl (C=O) groups is 2. The van der Waals surface area contributed by atoms with E-state index in [0.717, 1.165) is 25.7 Å². The molecule has 5 heteroatoms. The molecule has 0 aromatic heterocycles. The molecule has 0 spiro atoms. The molecular formula is C33H64O5. The Kier molecular flexibility index (Phi) is 29.8. The van der Waals surface area contributed by atoms with Crippen LogP contribution >= 0.6 is 0 Å². The highest BCUT2D eigenvalue weighted by Gasteiger charge is 2.07. The molecule has 5 nitrogen and oxygen atoms in total. The Morgan fingerprint density at radius 1 is 0.500 bits per heavy atom. The number of hydrogen-bond donors (Lipinski definition) is 2. The maximum atomic E-state index is 11.5. The van der Waals surface area contributed by atoms with Gasteiger partial charge in [0.15, 0.2) is 0 Å². The van der Waals surface area contributed by atoms with E-state index in [0.29, 0.717) is 12.2 Å². The van der Waals surface area contributed by atoms with Crippen molar-refractivity contribution in [3.05, 3.63) is 0 Å². The molecule has 0 bridgehead atoms. The van der Waals surface area contributed by atoms with Crippen molar-refractivity contribution in [1.82, 2.24) is 0 Å². The Bertz CT molecular complexity index is 508. The Balaban J connectivity index is 3.10. The second-order valence-corrected chi connectivity index (χ2v) is 11.6. The first-order valence-electron chi connectivity index (χ1n) is 16.5. The molecule has 38 heavy (non-hydrogen) atoms. The normalized spacial score (nSPS) is 12.1. The van der Waals surface area contributed by atoms with Gasteiger partial charge in [0.25, 0.3) is 0 Å². The second kappa shape index (κ2) is 30.6. The highest BCUT2D eigenvalue weighted by Crippen LogP contribution is 2.16. The van der Waals surface area contributed by atoms with Crippen molar-refractivity contribution in [2.24, 2.45) is 0 Å². The van der Waals surface area contributed by atoms with Crippen molar-refractivity contribution in [2.45, 2.75) is 186 Å². The van der Waals surface area contributed by atoms with Crippen molar-refractivity contribution in [3.63, 3.8) is 0 Å². The maximum Gasteiger partial charge on any atom is 0.305 e. The Labute approximate surface area is 235 Å². The minimum Gasteiger partial charge on any atom is -0.463 e. The van der Waals surface area contributed by atoms with E-state index in [1.807, 2.05) is 0 Å². The van der Waals surface area contributed by atoms with Crippen LogP contribution in [0, 0.1) is 0 Å². The van der Waals surface area contributed by atoms with Crippen LogP contribution in [0.4, 0.5) is 0 Å². The molecule has 2 N–H and O–H groups in total. The molecule has 0 saturated heterocycles. The van der Waals surface area contributed by atoms with Gasteiger partial charge in [-0.3, -0.25) is 4.79 Å². The Hall–Kier alpha value is -0.940. The van der Waals surface area contributed by atoms with Crippen molar-refractivity contribution in [2.75, 3.05) is 13.2 Å². The fourth-order valence-corrected chi connectivity index (χ4v) is 5.02. The lowest BCUT2D eigenvalue weighted by molar-refractivity contribution is -0.147. The molecule has 0 heterocycles. The first-order valence-corrected chi connectivity index (χ1v) is 16.5. The standard InChI is InChI=1S/C33H64O5/c1-31(35)27-25-23-21-19-17-15-13-11-9-7-5-3-2-4-6-8-10-12-14-16-18-20-22-24-26-28-33(37)38-30-32(36)29-34/h32,34,36H,2-30H2,1H3. The third-order valence-electron chi connectivity index (χ3n) is 7.56. The van der Waals surface area contributed by atoms with Crippen LogP contribution in [0.3, 0.4) is 0 Å². The zero-order valence-corrected chi connectivity index (χ0v) is 25.2. The van der Waals surface area contributed by atoms with Crippen molar-refractivity contribution < 1.29 is 24.5 Å². The molecule has 0 saturated carbocycles. The molecule has 0 radical (unpaired) electrons. The van der Waals surface area contributed by atoms with E-state index in [9.17, 15) is 9.59 Å². The summed E-state index contributed by atoms with van der Waals surface area (Å²) in [5.41, 5.74) is 0. The third-order valence-corrected chi connectivity index (χ3v) is 7.56. The average Bonchev–Trinajstić information content (AvgIpc) is 2.91. The minimum atomic E-state index is -0.961. The van der Waals surface area contributed by atoms with E-state index in [2.05, 4.69) is 0 Å². The van der Waals surface area contributed by atoms with Gasteiger partial charge in [0, 0.05) is 12.8 Å². The van der Waals surface area contributed by atoms with Crippen LogP contribution in [0.1, 0.15) is 180 Å². The van der Waals surface area contributed by atoms with Gasteiger partial charge in [0.05, 0.1) is 6.61 Å². The number of aliphatic hydroxyl groups is 2.